The van der Waals surface area contributed by atoms with E-state index in [0.717, 1.165) is 6.54 Å². The molecule has 0 aliphatic carbocycles. The lowest BCUT2D eigenvalue weighted by Gasteiger charge is -2.08. The van der Waals surface area contributed by atoms with Gasteiger partial charge in [0.2, 0.25) is 0 Å². The van der Waals surface area contributed by atoms with E-state index in [2.05, 4.69) is 18.3 Å². The second-order valence-corrected chi connectivity index (χ2v) is 2.00. The Kier molecular flexibility index (Phi) is 25.8. The first-order chi connectivity index (χ1) is 5.39. The molecule has 0 fully saturated rings. The van der Waals surface area contributed by atoms with Crippen molar-refractivity contribution in [1.82, 2.24) is 5.32 Å². The van der Waals surface area contributed by atoms with E-state index >= 15 is 0 Å². The molecule has 0 unspecified atom stereocenters. The van der Waals surface area contributed by atoms with Crippen molar-refractivity contribution in [3.8, 4) is 0 Å². The van der Waals surface area contributed by atoms with Crippen molar-refractivity contribution in [2.45, 2.75) is 41.0 Å². The molecule has 0 radical (unpaired) electrons. The smallest absolute Gasteiger partial charge is 0.0137 e. The van der Waals surface area contributed by atoms with Gasteiger partial charge in [0.15, 0.2) is 0 Å². The summed E-state index contributed by atoms with van der Waals surface area (Å²) in [7, 11) is 0. The van der Waals surface area contributed by atoms with Crippen molar-refractivity contribution >= 4 is 13.5 Å². The van der Waals surface area contributed by atoms with Crippen LogP contribution in [0.15, 0.2) is 11.6 Å². The Morgan fingerprint density at radius 1 is 1.17 bits per heavy atom. The zero-order valence-corrected chi connectivity index (χ0v) is 10.2. The fraction of sp³-hybridized carbons (Fsp3) is 0.800. The third kappa shape index (κ3) is 12.7. The van der Waals surface area contributed by atoms with Gasteiger partial charge in [0.05, 0.1) is 0 Å². The minimum absolute atomic E-state index is 0. The van der Waals surface area contributed by atoms with Crippen LogP contribution in [-0.2, 0) is 0 Å². The van der Waals surface area contributed by atoms with Gasteiger partial charge in [0, 0.05) is 6.54 Å². The maximum Gasteiger partial charge on any atom is 0.0137 e. The predicted octanol–water partition coefficient (Wildman–Crippen LogP) is 3.09. The standard InChI is InChI=1S/C6H11N.2C2H6.H2S/c1-6-2-4-7-5-3-6;2*1-2;/h2,7H,3-5H2,1H3;2*1-2H3;1H2. The van der Waals surface area contributed by atoms with Crippen LogP contribution in [0, 0.1) is 0 Å². The van der Waals surface area contributed by atoms with Gasteiger partial charge in [-0.15, -0.1) is 0 Å². The second-order valence-electron chi connectivity index (χ2n) is 2.00. The van der Waals surface area contributed by atoms with E-state index in [4.69, 9.17) is 0 Å². The van der Waals surface area contributed by atoms with Gasteiger partial charge in [-0.1, -0.05) is 39.3 Å². The van der Waals surface area contributed by atoms with Crippen LogP contribution in [-0.4, -0.2) is 13.1 Å². The molecule has 0 aromatic heterocycles. The van der Waals surface area contributed by atoms with E-state index in [-0.39, 0.29) is 13.5 Å². The van der Waals surface area contributed by atoms with Crippen molar-refractivity contribution in [2.75, 3.05) is 13.1 Å². The van der Waals surface area contributed by atoms with Gasteiger partial charge in [-0.05, 0) is 19.9 Å². The molecule has 1 heterocycles. The fourth-order valence-corrected chi connectivity index (χ4v) is 0.736. The zero-order valence-electron chi connectivity index (χ0n) is 9.20. The van der Waals surface area contributed by atoms with Gasteiger partial charge in [-0.3, -0.25) is 0 Å². The van der Waals surface area contributed by atoms with Gasteiger partial charge in [0.1, 0.15) is 0 Å². The van der Waals surface area contributed by atoms with E-state index in [9.17, 15) is 0 Å². The molecule has 0 aromatic rings. The summed E-state index contributed by atoms with van der Waals surface area (Å²) in [4.78, 5) is 0. The zero-order chi connectivity index (χ0) is 9.11. The Morgan fingerprint density at radius 3 is 1.83 bits per heavy atom. The molecule has 12 heavy (non-hydrogen) atoms. The Balaban J connectivity index is -0.000000144. The van der Waals surface area contributed by atoms with Crippen molar-refractivity contribution in [1.29, 1.82) is 0 Å². The maximum absolute atomic E-state index is 3.24. The molecule has 1 aliphatic rings. The molecule has 76 valence electrons. The lowest BCUT2D eigenvalue weighted by molar-refractivity contribution is 0.703. The molecular formula is C10H25NS. The average molecular weight is 191 g/mol. The van der Waals surface area contributed by atoms with Gasteiger partial charge >= 0.3 is 0 Å². The second kappa shape index (κ2) is 17.2. The minimum atomic E-state index is 0. The van der Waals surface area contributed by atoms with Crippen molar-refractivity contribution in [3.05, 3.63) is 11.6 Å². The maximum atomic E-state index is 3.24. The summed E-state index contributed by atoms with van der Waals surface area (Å²) in [6.45, 7) is 12.4. The van der Waals surface area contributed by atoms with Crippen LogP contribution in [0.2, 0.25) is 0 Å². The van der Waals surface area contributed by atoms with Crippen molar-refractivity contribution in [3.63, 3.8) is 0 Å². The van der Waals surface area contributed by atoms with Crippen molar-refractivity contribution < 1.29 is 0 Å². The van der Waals surface area contributed by atoms with Gasteiger partial charge < -0.3 is 5.32 Å². The van der Waals surface area contributed by atoms with Gasteiger partial charge in [0.25, 0.3) is 0 Å². The number of hydrogen-bond acceptors (Lipinski definition) is 1. The van der Waals surface area contributed by atoms with E-state index in [1.807, 2.05) is 27.7 Å². The van der Waals surface area contributed by atoms with Crippen LogP contribution in [0.4, 0.5) is 0 Å². The highest BCUT2D eigenvalue weighted by Crippen LogP contribution is 1.99. The molecule has 1 rings (SSSR count). The van der Waals surface area contributed by atoms with Crippen LogP contribution >= 0.6 is 13.5 Å². The lowest BCUT2D eigenvalue weighted by atomic mass is 10.1. The highest BCUT2D eigenvalue weighted by atomic mass is 32.1. The predicted molar refractivity (Wildman–Crippen MR) is 64.3 cm³/mol. The van der Waals surface area contributed by atoms with Gasteiger partial charge in [-0.25, -0.2) is 0 Å². The summed E-state index contributed by atoms with van der Waals surface area (Å²) in [5, 5.41) is 3.24. The third-order valence-corrected chi connectivity index (χ3v) is 1.29. The van der Waals surface area contributed by atoms with Crippen LogP contribution < -0.4 is 5.32 Å². The average Bonchev–Trinajstić information content (AvgIpc) is 2.13. The molecule has 2 heteroatoms. The minimum Gasteiger partial charge on any atom is -0.313 e. The third-order valence-electron chi connectivity index (χ3n) is 1.29. The molecule has 1 aliphatic heterocycles. The van der Waals surface area contributed by atoms with Crippen LogP contribution in [0.5, 0.6) is 0 Å². The first kappa shape index (κ1) is 18.0. The summed E-state index contributed by atoms with van der Waals surface area (Å²) in [5.41, 5.74) is 1.53. The summed E-state index contributed by atoms with van der Waals surface area (Å²) in [6, 6.07) is 0. The molecule has 0 atom stereocenters. The van der Waals surface area contributed by atoms with E-state index in [1.54, 1.807) is 0 Å². The molecule has 0 saturated carbocycles. The molecule has 1 N–H and O–H groups in total. The molecule has 0 saturated heterocycles. The normalized spacial score (nSPS) is 13.6. The fourth-order valence-electron chi connectivity index (χ4n) is 0.736. The Labute approximate surface area is 85.1 Å². The SMILES string of the molecule is CC.CC.CC1=CCNCC1.S. The topological polar surface area (TPSA) is 12.0 Å². The van der Waals surface area contributed by atoms with Crippen molar-refractivity contribution in [2.24, 2.45) is 0 Å². The summed E-state index contributed by atoms with van der Waals surface area (Å²) in [5.74, 6) is 0. The summed E-state index contributed by atoms with van der Waals surface area (Å²) < 4.78 is 0. The van der Waals surface area contributed by atoms with E-state index in [0.29, 0.717) is 0 Å². The molecule has 0 amide bonds. The van der Waals surface area contributed by atoms with Crippen LogP contribution in [0.3, 0.4) is 0 Å². The molecular weight excluding hydrogens is 166 g/mol. The Morgan fingerprint density at radius 2 is 1.67 bits per heavy atom. The quantitative estimate of drug-likeness (QED) is 0.580. The summed E-state index contributed by atoms with van der Waals surface area (Å²) in [6.07, 6.45) is 3.48. The highest BCUT2D eigenvalue weighted by molar-refractivity contribution is 7.59. The van der Waals surface area contributed by atoms with E-state index in [1.165, 1.54) is 18.5 Å². The molecule has 0 spiro atoms. The Bertz CT molecular complexity index is 89.8. The van der Waals surface area contributed by atoms with Crippen LogP contribution in [0.25, 0.3) is 0 Å². The van der Waals surface area contributed by atoms with Gasteiger partial charge in [-0.2, -0.15) is 13.5 Å². The molecule has 1 nitrogen and oxygen atoms in total. The first-order valence-electron chi connectivity index (χ1n) is 4.76. The summed E-state index contributed by atoms with van der Waals surface area (Å²) >= 11 is 0. The Hall–Kier alpha value is 0.0500. The number of rotatable bonds is 0. The molecule has 0 bridgehead atoms. The molecule has 0 aromatic carbocycles. The largest absolute Gasteiger partial charge is 0.313 e. The number of hydrogen-bond donors (Lipinski definition) is 1. The number of nitrogens with one attached hydrogen (secondary N) is 1. The van der Waals surface area contributed by atoms with Crippen LogP contribution in [0.1, 0.15) is 41.0 Å². The first-order valence-corrected chi connectivity index (χ1v) is 4.76. The van der Waals surface area contributed by atoms with E-state index < -0.39 is 0 Å². The monoisotopic (exact) mass is 191 g/mol. The highest BCUT2D eigenvalue weighted by Gasteiger charge is 1.93. The lowest BCUT2D eigenvalue weighted by Crippen LogP contribution is -2.19.